The number of hydrogen-bond donors (Lipinski definition) is 2. The van der Waals surface area contributed by atoms with Crippen LogP contribution in [0.2, 0.25) is 0 Å². The van der Waals surface area contributed by atoms with Gasteiger partial charge in [0.25, 0.3) is 5.90 Å². The number of halogens is 2. The molecule has 0 saturated carbocycles. The fourth-order valence-electron chi connectivity index (χ4n) is 2.01. The van der Waals surface area contributed by atoms with Crippen molar-refractivity contribution in [3.8, 4) is 0 Å². The Bertz CT molecular complexity index is 439. The fraction of sp³-hybridized carbons (Fsp3) is 0.462. The maximum Gasteiger partial charge on any atom is 0.312 e. The van der Waals surface area contributed by atoms with Gasteiger partial charge in [0, 0.05) is 12.8 Å². The molecule has 2 N–H and O–H groups in total. The van der Waals surface area contributed by atoms with Crippen LogP contribution < -0.4 is 0 Å². The topological polar surface area (TPSA) is 62.0 Å². The Balaban J connectivity index is 2.04. The quantitative estimate of drug-likeness (QED) is 0.879. The van der Waals surface area contributed by atoms with Crippen LogP contribution in [0, 0.1) is 0 Å². The number of aliphatic hydroxyl groups is 2. The Kier molecular flexibility index (Phi) is 4.44. The van der Waals surface area contributed by atoms with Crippen molar-refractivity contribution in [3.05, 3.63) is 35.9 Å². The Morgan fingerprint density at radius 1 is 1.32 bits per heavy atom. The third-order valence-electron chi connectivity index (χ3n) is 2.91. The predicted octanol–water partition coefficient (Wildman–Crippen LogP) is 1.88. The summed E-state index contributed by atoms with van der Waals surface area (Å²) < 4.78 is 29.5. The summed E-state index contributed by atoms with van der Waals surface area (Å²) in [6, 6.07) is 8.30. The lowest BCUT2D eigenvalue weighted by atomic mass is 10.00. The first-order valence-corrected chi connectivity index (χ1v) is 6.00. The fourth-order valence-corrected chi connectivity index (χ4v) is 2.01. The van der Waals surface area contributed by atoms with Crippen LogP contribution in [0.5, 0.6) is 0 Å². The van der Waals surface area contributed by atoms with Gasteiger partial charge in [-0.25, -0.2) is 4.99 Å². The highest BCUT2D eigenvalue weighted by molar-refractivity contribution is 5.80. The minimum Gasteiger partial charge on any atom is -0.447 e. The molecule has 1 heterocycles. The van der Waals surface area contributed by atoms with Gasteiger partial charge in [0.05, 0.1) is 12.1 Å². The van der Waals surface area contributed by atoms with Crippen LogP contribution in [0.4, 0.5) is 8.78 Å². The molecule has 0 fully saturated rings. The molecule has 2 rings (SSSR count). The van der Waals surface area contributed by atoms with Crippen molar-refractivity contribution in [3.63, 3.8) is 0 Å². The highest BCUT2D eigenvalue weighted by Gasteiger charge is 2.29. The molecule has 0 bridgehead atoms. The molecule has 0 aromatic heterocycles. The highest BCUT2D eigenvalue weighted by Crippen LogP contribution is 2.25. The first kappa shape index (κ1) is 13.9. The molecule has 1 aromatic carbocycles. The molecule has 19 heavy (non-hydrogen) atoms. The molecular weight excluding hydrogens is 256 g/mol. The predicted molar refractivity (Wildman–Crippen MR) is 65.0 cm³/mol. The van der Waals surface area contributed by atoms with Crippen molar-refractivity contribution >= 4 is 5.90 Å². The zero-order valence-electron chi connectivity index (χ0n) is 10.1. The molecule has 0 saturated heterocycles. The Labute approximate surface area is 109 Å². The van der Waals surface area contributed by atoms with Gasteiger partial charge < -0.3 is 14.9 Å². The van der Waals surface area contributed by atoms with Gasteiger partial charge in [-0.15, -0.1) is 0 Å². The standard InChI is InChI=1S/C13H15F2NO3/c14-12(15)13-16-9(7-11(18)19-13)6-10(17)8-4-2-1-3-5-8/h1-5,9-12,17-18H,6-7H2. The molecule has 1 aliphatic rings. The number of aliphatic imine (C=N–C) groups is 1. The number of aliphatic hydroxyl groups excluding tert-OH is 2. The zero-order chi connectivity index (χ0) is 13.8. The Morgan fingerprint density at radius 3 is 2.63 bits per heavy atom. The van der Waals surface area contributed by atoms with E-state index >= 15 is 0 Å². The molecule has 3 atom stereocenters. The molecule has 0 radical (unpaired) electrons. The summed E-state index contributed by atoms with van der Waals surface area (Å²) in [5, 5.41) is 19.4. The SMILES string of the molecule is OC1CC(CC(O)c2ccccc2)N=C(C(F)F)O1. The summed E-state index contributed by atoms with van der Waals surface area (Å²) in [7, 11) is 0. The van der Waals surface area contributed by atoms with E-state index in [0.717, 1.165) is 0 Å². The second-order valence-electron chi connectivity index (χ2n) is 4.39. The summed E-state index contributed by atoms with van der Waals surface area (Å²) in [6.45, 7) is 0. The molecule has 0 aliphatic carbocycles. The number of alkyl halides is 2. The van der Waals surface area contributed by atoms with Gasteiger partial charge in [-0.2, -0.15) is 8.78 Å². The number of rotatable bonds is 4. The average Bonchev–Trinajstić information content (AvgIpc) is 2.39. The van der Waals surface area contributed by atoms with Gasteiger partial charge in [0.1, 0.15) is 0 Å². The number of benzene rings is 1. The second-order valence-corrected chi connectivity index (χ2v) is 4.39. The lowest BCUT2D eigenvalue weighted by Gasteiger charge is -2.26. The minimum absolute atomic E-state index is 0.0973. The van der Waals surface area contributed by atoms with E-state index in [4.69, 9.17) is 0 Å². The van der Waals surface area contributed by atoms with E-state index in [0.29, 0.717) is 5.56 Å². The van der Waals surface area contributed by atoms with Crippen LogP contribution in [0.1, 0.15) is 24.5 Å². The average molecular weight is 271 g/mol. The molecule has 1 aromatic rings. The van der Waals surface area contributed by atoms with Crippen molar-refractivity contribution in [2.24, 2.45) is 4.99 Å². The van der Waals surface area contributed by atoms with Crippen LogP contribution in [0.15, 0.2) is 35.3 Å². The highest BCUT2D eigenvalue weighted by atomic mass is 19.3. The largest absolute Gasteiger partial charge is 0.447 e. The van der Waals surface area contributed by atoms with Crippen LogP contribution in [0.25, 0.3) is 0 Å². The van der Waals surface area contributed by atoms with E-state index in [1.54, 1.807) is 24.3 Å². The van der Waals surface area contributed by atoms with Gasteiger partial charge >= 0.3 is 6.43 Å². The zero-order valence-corrected chi connectivity index (χ0v) is 10.1. The van der Waals surface area contributed by atoms with Crippen LogP contribution in [-0.4, -0.2) is 34.9 Å². The van der Waals surface area contributed by atoms with Crippen molar-refractivity contribution in [1.82, 2.24) is 0 Å². The molecule has 1 aliphatic heterocycles. The second kappa shape index (κ2) is 6.08. The first-order valence-electron chi connectivity index (χ1n) is 6.00. The molecule has 0 spiro atoms. The van der Waals surface area contributed by atoms with E-state index in [9.17, 15) is 19.0 Å². The van der Waals surface area contributed by atoms with Crippen LogP contribution in [0.3, 0.4) is 0 Å². The van der Waals surface area contributed by atoms with E-state index in [2.05, 4.69) is 9.73 Å². The maximum absolute atomic E-state index is 12.5. The van der Waals surface area contributed by atoms with Gasteiger partial charge in [0.15, 0.2) is 0 Å². The monoisotopic (exact) mass is 271 g/mol. The third kappa shape index (κ3) is 3.71. The number of nitrogens with zero attached hydrogens (tertiary/aromatic N) is 1. The molecule has 3 unspecified atom stereocenters. The summed E-state index contributed by atoms with van der Waals surface area (Å²) in [5.74, 6) is -0.760. The molecule has 6 heteroatoms. The maximum atomic E-state index is 12.5. The summed E-state index contributed by atoms with van der Waals surface area (Å²) >= 11 is 0. The minimum atomic E-state index is -2.86. The van der Waals surface area contributed by atoms with Crippen LogP contribution in [-0.2, 0) is 4.74 Å². The normalized spacial score (nSPS) is 24.8. The molecular formula is C13H15F2NO3. The summed E-state index contributed by atoms with van der Waals surface area (Å²) in [6.07, 6.45) is -4.69. The number of hydrogen-bond acceptors (Lipinski definition) is 4. The van der Waals surface area contributed by atoms with E-state index in [1.807, 2.05) is 6.07 Å². The number of ether oxygens (including phenoxy) is 1. The Hall–Kier alpha value is -1.53. The lowest BCUT2D eigenvalue weighted by molar-refractivity contribution is -0.0616. The van der Waals surface area contributed by atoms with Crippen molar-refractivity contribution < 1.29 is 23.7 Å². The molecule has 104 valence electrons. The van der Waals surface area contributed by atoms with Crippen molar-refractivity contribution in [2.45, 2.75) is 37.7 Å². The first-order chi connectivity index (χ1) is 9.06. The smallest absolute Gasteiger partial charge is 0.312 e. The molecule has 4 nitrogen and oxygen atoms in total. The van der Waals surface area contributed by atoms with Crippen LogP contribution >= 0.6 is 0 Å². The van der Waals surface area contributed by atoms with Crippen molar-refractivity contribution in [2.75, 3.05) is 0 Å². The van der Waals surface area contributed by atoms with Crippen molar-refractivity contribution in [1.29, 1.82) is 0 Å². The van der Waals surface area contributed by atoms with Gasteiger partial charge in [0.2, 0.25) is 6.29 Å². The summed E-state index contributed by atoms with van der Waals surface area (Å²) in [5.41, 5.74) is 0.692. The Morgan fingerprint density at radius 2 is 2.00 bits per heavy atom. The lowest BCUT2D eigenvalue weighted by Crippen LogP contribution is -2.33. The van der Waals surface area contributed by atoms with E-state index in [-0.39, 0.29) is 12.8 Å². The summed E-state index contributed by atoms with van der Waals surface area (Å²) in [4.78, 5) is 3.72. The van der Waals surface area contributed by atoms with E-state index < -0.39 is 30.8 Å². The molecule has 0 amide bonds. The van der Waals surface area contributed by atoms with Gasteiger partial charge in [-0.3, -0.25) is 0 Å². The van der Waals surface area contributed by atoms with Gasteiger partial charge in [-0.1, -0.05) is 30.3 Å². The third-order valence-corrected chi connectivity index (χ3v) is 2.91. The van der Waals surface area contributed by atoms with Gasteiger partial charge in [-0.05, 0) is 5.56 Å². The van der Waals surface area contributed by atoms with E-state index in [1.165, 1.54) is 0 Å².